The first-order chi connectivity index (χ1) is 11.8. The maximum atomic E-state index is 12.0. The van der Waals surface area contributed by atoms with Gasteiger partial charge < -0.3 is 4.74 Å². The molecular formula is C18H15N3O2S. The molecule has 0 aliphatic carbocycles. The Labute approximate surface area is 143 Å². The number of carbonyl (C=O) groups excluding carboxylic acids is 1. The summed E-state index contributed by atoms with van der Waals surface area (Å²) in [4.78, 5) is 12.0. The van der Waals surface area contributed by atoms with Crippen LogP contribution < -0.4 is 10.1 Å². The molecule has 3 aromatic rings. The minimum absolute atomic E-state index is 0.267. The average molecular weight is 337 g/mol. The lowest BCUT2D eigenvalue weighted by atomic mass is 10.2. The number of anilines is 1. The molecule has 5 nitrogen and oxygen atoms in total. The van der Waals surface area contributed by atoms with Crippen molar-refractivity contribution in [2.45, 2.75) is 0 Å². The molecule has 2 aromatic carbocycles. The first-order valence-corrected chi connectivity index (χ1v) is 8.09. The van der Waals surface area contributed by atoms with Crippen molar-refractivity contribution in [1.29, 1.82) is 0 Å². The number of aromatic nitrogens is 2. The van der Waals surface area contributed by atoms with Gasteiger partial charge in [0.2, 0.25) is 11.0 Å². The molecule has 0 fully saturated rings. The third-order valence-corrected chi connectivity index (χ3v) is 4.12. The van der Waals surface area contributed by atoms with Crippen molar-refractivity contribution >= 4 is 28.5 Å². The van der Waals surface area contributed by atoms with E-state index in [1.807, 2.05) is 54.6 Å². The van der Waals surface area contributed by atoms with Crippen LogP contribution in [0, 0.1) is 0 Å². The van der Waals surface area contributed by atoms with Crippen molar-refractivity contribution in [2.75, 3.05) is 12.4 Å². The third kappa shape index (κ3) is 3.85. The number of para-hydroxylation sites is 1. The molecule has 120 valence electrons. The molecule has 0 aliphatic rings. The molecule has 1 heterocycles. The second-order valence-electron chi connectivity index (χ2n) is 4.84. The van der Waals surface area contributed by atoms with Crippen LogP contribution in [0.15, 0.2) is 60.7 Å². The van der Waals surface area contributed by atoms with E-state index >= 15 is 0 Å². The van der Waals surface area contributed by atoms with Gasteiger partial charge in [-0.2, -0.15) is 0 Å². The van der Waals surface area contributed by atoms with E-state index in [1.54, 1.807) is 13.2 Å². The lowest BCUT2D eigenvalue weighted by molar-refractivity contribution is -0.111. The number of hydrogen-bond donors (Lipinski definition) is 1. The van der Waals surface area contributed by atoms with E-state index in [1.165, 1.54) is 17.4 Å². The molecule has 0 bridgehead atoms. The molecule has 0 saturated heterocycles. The second kappa shape index (κ2) is 7.52. The lowest BCUT2D eigenvalue weighted by Crippen LogP contribution is -2.07. The third-order valence-electron chi connectivity index (χ3n) is 3.23. The molecule has 0 radical (unpaired) electrons. The number of nitrogens with zero attached hydrogens (tertiary/aromatic N) is 2. The molecular weight excluding hydrogens is 322 g/mol. The van der Waals surface area contributed by atoms with Gasteiger partial charge in [-0.15, -0.1) is 10.2 Å². The van der Waals surface area contributed by atoms with Crippen LogP contribution in [0.4, 0.5) is 5.13 Å². The highest BCUT2D eigenvalue weighted by molar-refractivity contribution is 7.18. The predicted octanol–water partition coefficient (Wildman–Crippen LogP) is 3.87. The van der Waals surface area contributed by atoms with Crippen LogP contribution in [-0.2, 0) is 4.79 Å². The molecule has 24 heavy (non-hydrogen) atoms. The van der Waals surface area contributed by atoms with Gasteiger partial charge in [0, 0.05) is 17.2 Å². The van der Waals surface area contributed by atoms with Crippen molar-refractivity contribution in [1.82, 2.24) is 10.2 Å². The second-order valence-corrected chi connectivity index (χ2v) is 5.82. The predicted molar refractivity (Wildman–Crippen MR) is 96.0 cm³/mol. The van der Waals surface area contributed by atoms with Gasteiger partial charge in [0.15, 0.2) is 0 Å². The summed E-state index contributed by atoms with van der Waals surface area (Å²) in [6, 6.07) is 17.2. The zero-order valence-corrected chi connectivity index (χ0v) is 13.8. The molecule has 1 amide bonds. The smallest absolute Gasteiger partial charge is 0.250 e. The molecule has 0 atom stereocenters. The van der Waals surface area contributed by atoms with Gasteiger partial charge in [0.25, 0.3) is 0 Å². The molecule has 0 saturated carbocycles. The quantitative estimate of drug-likeness (QED) is 0.718. The number of rotatable bonds is 5. The fourth-order valence-corrected chi connectivity index (χ4v) is 2.84. The van der Waals surface area contributed by atoms with Gasteiger partial charge in [-0.1, -0.05) is 59.9 Å². The summed E-state index contributed by atoms with van der Waals surface area (Å²) < 4.78 is 5.24. The minimum atomic E-state index is -0.267. The highest BCUT2D eigenvalue weighted by Gasteiger charge is 2.08. The van der Waals surface area contributed by atoms with Crippen molar-refractivity contribution < 1.29 is 9.53 Å². The average Bonchev–Trinajstić information content (AvgIpc) is 3.09. The van der Waals surface area contributed by atoms with Gasteiger partial charge in [0.1, 0.15) is 10.8 Å². The summed E-state index contributed by atoms with van der Waals surface area (Å²) in [7, 11) is 1.60. The van der Waals surface area contributed by atoms with E-state index in [4.69, 9.17) is 4.74 Å². The number of methoxy groups -OCH3 is 1. The van der Waals surface area contributed by atoms with Crippen LogP contribution in [0.1, 0.15) is 5.56 Å². The highest BCUT2D eigenvalue weighted by atomic mass is 32.1. The monoisotopic (exact) mass is 337 g/mol. The Kier molecular flexibility index (Phi) is 4.98. The molecule has 3 rings (SSSR count). The van der Waals surface area contributed by atoms with Gasteiger partial charge in [-0.05, 0) is 12.1 Å². The number of benzene rings is 2. The normalized spacial score (nSPS) is 10.7. The number of hydrogen-bond acceptors (Lipinski definition) is 5. The van der Waals surface area contributed by atoms with E-state index < -0.39 is 0 Å². The summed E-state index contributed by atoms with van der Waals surface area (Å²) in [6.07, 6.45) is 3.15. The number of nitrogens with one attached hydrogen (secondary N) is 1. The maximum Gasteiger partial charge on any atom is 0.250 e. The topological polar surface area (TPSA) is 64.1 Å². The van der Waals surface area contributed by atoms with Crippen molar-refractivity contribution in [3.8, 4) is 16.3 Å². The standard InChI is InChI=1S/C18H15N3O2S/c1-23-15-10-6-5-7-13(15)11-12-16(22)19-18-21-20-17(24-18)14-8-3-2-4-9-14/h2-12H,1H3,(H,19,21,22)/b12-11+. The van der Waals surface area contributed by atoms with Gasteiger partial charge >= 0.3 is 0 Å². The van der Waals surface area contributed by atoms with Crippen LogP contribution in [0.3, 0.4) is 0 Å². The van der Waals surface area contributed by atoms with E-state index in [2.05, 4.69) is 15.5 Å². The lowest BCUT2D eigenvalue weighted by Gasteiger charge is -2.03. The SMILES string of the molecule is COc1ccccc1/C=C/C(=O)Nc1nnc(-c2ccccc2)s1. The Hall–Kier alpha value is -2.99. The molecule has 0 aliphatic heterocycles. The van der Waals surface area contributed by atoms with Gasteiger partial charge in [-0.25, -0.2) is 0 Å². The maximum absolute atomic E-state index is 12.0. The van der Waals surface area contributed by atoms with Gasteiger partial charge in [0.05, 0.1) is 7.11 Å². The summed E-state index contributed by atoms with van der Waals surface area (Å²) in [5.41, 5.74) is 1.80. The first-order valence-electron chi connectivity index (χ1n) is 7.27. The zero-order chi connectivity index (χ0) is 16.8. The van der Waals surface area contributed by atoms with Crippen LogP contribution in [-0.4, -0.2) is 23.2 Å². The molecule has 1 N–H and O–H groups in total. The minimum Gasteiger partial charge on any atom is -0.496 e. The Morgan fingerprint density at radius 3 is 2.62 bits per heavy atom. The van der Waals surface area contributed by atoms with Crippen molar-refractivity contribution in [2.24, 2.45) is 0 Å². The fraction of sp³-hybridized carbons (Fsp3) is 0.0556. The summed E-state index contributed by atoms with van der Waals surface area (Å²) >= 11 is 1.33. The zero-order valence-electron chi connectivity index (χ0n) is 13.0. The Balaban J connectivity index is 1.67. The summed E-state index contributed by atoms with van der Waals surface area (Å²) in [6.45, 7) is 0. The van der Waals surface area contributed by atoms with E-state index in [9.17, 15) is 4.79 Å². The number of carbonyl (C=O) groups is 1. The number of ether oxygens (including phenoxy) is 1. The fourth-order valence-electron chi connectivity index (χ4n) is 2.09. The largest absolute Gasteiger partial charge is 0.496 e. The van der Waals surface area contributed by atoms with Crippen LogP contribution >= 0.6 is 11.3 Å². The summed E-state index contributed by atoms with van der Waals surface area (Å²) in [5, 5.41) is 12.0. The van der Waals surface area contributed by atoms with Crippen LogP contribution in [0.2, 0.25) is 0 Å². The molecule has 0 spiro atoms. The molecule has 6 heteroatoms. The van der Waals surface area contributed by atoms with Crippen molar-refractivity contribution in [3.63, 3.8) is 0 Å². The first kappa shape index (κ1) is 15.9. The Morgan fingerprint density at radius 2 is 1.83 bits per heavy atom. The van der Waals surface area contributed by atoms with Crippen LogP contribution in [0.5, 0.6) is 5.75 Å². The highest BCUT2D eigenvalue weighted by Crippen LogP contribution is 2.26. The summed E-state index contributed by atoms with van der Waals surface area (Å²) in [5.74, 6) is 0.445. The number of amides is 1. The van der Waals surface area contributed by atoms with E-state index in [0.717, 1.165) is 16.1 Å². The van der Waals surface area contributed by atoms with E-state index in [0.29, 0.717) is 10.9 Å². The van der Waals surface area contributed by atoms with Crippen LogP contribution in [0.25, 0.3) is 16.6 Å². The van der Waals surface area contributed by atoms with Crippen molar-refractivity contribution in [3.05, 3.63) is 66.2 Å². The Morgan fingerprint density at radius 1 is 1.08 bits per heavy atom. The van der Waals surface area contributed by atoms with Gasteiger partial charge in [-0.3, -0.25) is 10.1 Å². The molecule has 1 aromatic heterocycles. The Bertz CT molecular complexity index is 859. The van der Waals surface area contributed by atoms with E-state index in [-0.39, 0.29) is 5.91 Å². The molecule has 0 unspecified atom stereocenters.